The lowest BCUT2D eigenvalue weighted by molar-refractivity contribution is 0.273. The molecular formula is C20H18N4O2. The quantitative estimate of drug-likeness (QED) is 0.574. The predicted molar refractivity (Wildman–Crippen MR) is 98.9 cm³/mol. The zero-order chi connectivity index (χ0) is 18.1. The second kappa shape index (κ2) is 6.54. The van der Waals surface area contributed by atoms with Crippen molar-refractivity contribution in [1.82, 2.24) is 9.38 Å². The highest BCUT2D eigenvalue weighted by Crippen LogP contribution is 2.30. The number of imidazole rings is 1. The molecule has 6 nitrogen and oxygen atoms in total. The van der Waals surface area contributed by atoms with E-state index in [0.29, 0.717) is 17.6 Å². The second-order valence-corrected chi connectivity index (χ2v) is 6.18. The zero-order valence-electron chi connectivity index (χ0n) is 14.3. The average Bonchev–Trinajstić information content (AvgIpc) is 3.29. The first-order chi connectivity index (χ1) is 12.7. The van der Waals surface area contributed by atoms with Crippen LogP contribution in [0, 0.1) is 18.3 Å². The van der Waals surface area contributed by atoms with Crippen molar-refractivity contribution in [2.45, 2.75) is 19.4 Å². The van der Waals surface area contributed by atoms with Crippen molar-refractivity contribution in [2.75, 3.05) is 11.9 Å². The number of nitrogens with zero attached hydrogens (tertiary/aromatic N) is 3. The number of nitrogens with one attached hydrogen (secondary N) is 1. The van der Waals surface area contributed by atoms with E-state index in [4.69, 9.17) is 4.42 Å². The molecule has 0 aliphatic rings. The first-order valence-corrected chi connectivity index (χ1v) is 8.44. The number of pyridine rings is 1. The van der Waals surface area contributed by atoms with Crippen molar-refractivity contribution in [2.24, 2.45) is 0 Å². The Kier molecular flexibility index (Phi) is 4.07. The smallest absolute Gasteiger partial charge is 0.157 e. The molecule has 3 aromatic heterocycles. The van der Waals surface area contributed by atoms with Gasteiger partial charge in [0.05, 0.1) is 28.9 Å². The van der Waals surface area contributed by atoms with E-state index >= 15 is 0 Å². The fourth-order valence-corrected chi connectivity index (χ4v) is 3.28. The summed E-state index contributed by atoms with van der Waals surface area (Å²) in [5, 5.41) is 22.5. The third-order valence-corrected chi connectivity index (χ3v) is 4.51. The first kappa shape index (κ1) is 16.2. The van der Waals surface area contributed by atoms with Crippen LogP contribution in [0.1, 0.15) is 29.3 Å². The van der Waals surface area contributed by atoms with Gasteiger partial charge in [-0.25, -0.2) is 4.98 Å². The SMILES string of the molecule is Cc1cc(NC(CCO)c2ccco2)n2c(nc3ccccc32)c1C#N. The summed E-state index contributed by atoms with van der Waals surface area (Å²) < 4.78 is 7.48. The van der Waals surface area contributed by atoms with Gasteiger partial charge in [-0.05, 0) is 49.2 Å². The van der Waals surface area contributed by atoms with Crippen molar-refractivity contribution in [1.29, 1.82) is 5.26 Å². The lowest BCUT2D eigenvalue weighted by Gasteiger charge is -2.19. The number of furan rings is 1. The van der Waals surface area contributed by atoms with E-state index in [9.17, 15) is 10.4 Å². The van der Waals surface area contributed by atoms with E-state index in [0.717, 1.165) is 28.2 Å². The van der Waals surface area contributed by atoms with Crippen LogP contribution in [0.2, 0.25) is 0 Å². The van der Waals surface area contributed by atoms with Crippen molar-refractivity contribution < 1.29 is 9.52 Å². The lowest BCUT2D eigenvalue weighted by atomic mass is 10.1. The van der Waals surface area contributed by atoms with Crippen LogP contribution >= 0.6 is 0 Å². The molecule has 2 N–H and O–H groups in total. The van der Waals surface area contributed by atoms with E-state index in [2.05, 4.69) is 16.4 Å². The summed E-state index contributed by atoms with van der Waals surface area (Å²) in [5.74, 6) is 1.55. The minimum Gasteiger partial charge on any atom is -0.467 e. The van der Waals surface area contributed by atoms with Crippen molar-refractivity contribution in [3.63, 3.8) is 0 Å². The van der Waals surface area contributed by atoms with E-state index < -0.39 is 0 Å². The number of aliphatic hydroxyl groups is 1. The average molecular weight is 346 g/mol. The maximum Gasteiger partial charge on any atom is 0.157 e. The van der Waals surface area contributed by atoms with Crippen molar-refractivity contribution >= 4 is 22.5 Å². The van der Waals surface area contributed by atoms with E-state index in [1.165, 1.54) is 0 Å². The first-order valence-electron chi connectivity index (χ1n) is 8.44. The molecule has 0 saturated carbocycles. The van der Waals surface area contributed by atoms with Crippen LogP contribution in [0.25, 0.3) is 16.7 Å². The molecule has 0 bridgehead atoms. The maximum atomic E-state index is 9.58. The van der Waals surface area contributed by atoms with E-state index in [-0.39, 0.29) is 12.6 Å². The minimum atomic E-state index is -0.188. The monoisotopic (exact) mass is 346 g/mol. The number of aryl methyl sites for hydroxylation is 1. The number of aliphatic hydroxyl groups excluding tert-OH is 1. The summed E-state index contributed by atoms with van der Waals surface area (Å²) in [4.78, 5) is 4.65. The molecule has 3 heterocycles. The van der Waals surface area contributed by atoms with Gasteiger partial charge in [0.2, 0.25) is 0 Å². The number of hydrogen-bond acceptors (Lipinski definition) is 5. The van der Waals surface area contributed by atoms with Gasteiger partial charge in [-0.15, -0.1) is 0 Å². The Balaban J connectivity index is 1.93. The molecule has 0 spiro atoms. The van der Waals surface area contributed by atoms with E-state index in [1.807, 2.05) is 53.8 Å². The minimum absolute atomic E-state index is 0.0292. The molecule has 0 aliphatic heterocycles. The molecule has 1 unspecified atom stereocenters. The van der Waals surface area contributed by atoms with Gasteiger partial charge >= 0.3 is 0 Å². The molecule has 0 amide bonds. The Morgan fingerprint density at radius 3 is 2.88 bits per heavy atom. The Morgan fingerprint density at radius 1 is 1.31 bits per heavy atom. The number of para-hydroxylation sites is 2. The maximum absolute atomic E-state index is 9.58. The Labute approximate surface area is 150 Å². The standard InChI is InChI=1S/C20H18N4O2/c1-13-11-19(22-16(8-9-25)18-7-4-10-26-18)24-17-6-3-2-5-15(17)23-20(24)14(13)12-21/h2-7,10-11,16,22,25H,8-9H2,1H3. The third kappa shape index (κ3) is 2.59. The Hall–Kier alpha value is -3.30. The highest BCUT2D eigenvalue weighted by Gasteiger charge is 2.19. The highest BCUT2D eigenvalue weighted by molar-refractivity contribution is 5.85. The number of benzene rings is 1. The molecular weight excluding hydrogens is 328 g/mol. The normalized spacial score (nSPS) is 12.3. The van der Waals surface area contributed by atoms with Gasteiger partial charge in [0.1, 0.15) is 17.6 Å². The second-order valence-electron chi connectivity index (χ2n) is 6.18. The van der Waals surface area contributed by atoms with E-state index in [1.54, 1.807) is 6.26 Å². The number of anilines is 1. The van der Waals surface area contributed by atoms with Crippen LogP contribution in [0.4, 0.5) is 5.82 Å². The topological polar surface area (TPSA) is 86.5 Å². The number of rotatable bonds is 5. The summed E-state index contributed by atoms with van der Waals surface area (Å²) in [5.41, 5.74) is 3.78. The van der Waals surface area contributed by atoms with Crippen LogP contribution in [0.5, 0.6) is 0 Å². The molecule has 1 atom stereocenters. The highest BCUT2D eigenvalue weighted by atomic mass is 16.3. The molecule has 4 rings (SSSR count). The fourth-order valence-electron chi connectivity index (χ4n) is 3.28. The molecule has 6 heteroatoms. The molecule has 26 heavy (non-hydrogen) atoms. The molecule has 0 radical (unpaired) electrons. The van der Waals surface area contributed by atoms with Crippen LogP contribution in [-0.4, -0.2) is 21.1 Å². The van der Waals surface area contributed by atoms with Crippen LogP contribution in [-0.2, 0) is 0 Å². The molecule has 1 aromatic carbocycles. The summed E-state index contributed by atoms with van der Waals surface area (Å²) in [7, 11) is 0. The molecule has 0 saturated heterocycles. The summed E-state index contributed by atoms with van der Waals surface area (Å²) >= 11 is 0. The summed E-state index contributed by atoms with van der Waals surface area (Å²) in [6.07, 6.45) is 2.12. The Bertz CT molecular complexity index is 1110. The van der Waals surface area contributed by atoms with Gasteiger partial charge in [-0.3, -0.25) is 4.40 Å². The number of aromatic nitrogens is 2. The largest absolute Gasteiger partial charge is 0.467 e. The van der Waals surface area contributed by atoms with Crippen LogP contribution in [0.3, 0.4) is 0 Å². The Morgan fingerprint density at radius 2 is 2.15 bits per heavy atom. The predicted octanol–water partition coefficient (Wildman–Crippen LogP) is 3.80. The van der Waals surface area contributed by atoms with Crippen molar-refractivity contribution in [3.05, 3.63) is 65.6 Å². The van der Waals surface area contributed by atoms with Gasteiger partial charge in [-0.2, -0.15) is 5.26 Å². The summed E-state index contributed by atoms with van der Waals surface area (Å²) in [6, 6.07) is 15.5. The van der Waals surface area contributed by atoms with Gasteiger partial charge < -0.3 is 14.8 Å². The third-order valence-electron chi connectivity index (χ3n) is 4.51. The van der Waals surface area contributed by atoms with Gasteiger partial charge in [-0.1, -0.05) is 12.1 Å². The molecule has 4 aromatic rings. The van der Waals surface area contributed by atoms with Gasteiger partial charge in [0.25, 0.3) is 0 Å². The molecule has 130 valence electrons. The number of hydrogen-bond donors (Lipinski definition) is 2. The van der Waals surface area contributed by atoms with Crippen LogP contribution < -0.4 is 5.32 Å². The number of fused-ring (bicyclic) bond motifs is 3. The van der Waals surface area contributed by atoms with Crippen LogP contribution in [0.15, 0.2) is 53.1 Å². The molecule has 0 fully saturated rings. The molecule has 0 aliphatic carbocycles. The van der Waals surface area contributed by atoms with Gasteiger partial charge in [0.15, 0.2) is 5.65 Å². The zero-order valence-corrected chi connectivity index (χ0v) is 14.3. The summed E-state index contributed by atoms with van der Waals surface area (Å²) in [6.45, 7) is 1.93. The number of nitriles is 1. The van der Waals surface area contributed by atoms with Gasteiger partial charge in [0, 0.05) is 6.61 Å². The van der Waals surface area contributed by atoms with Crippen molar-refractivity contribution in [3.8, 4) is 6.07 Å². The lowest BCUT2D eigenvalue weighted by Crippen LogP contribution is -2.14. The fraction of sp³-hybridized carbons (Fsp3) is 0.200.